The average molecular weight is 268 g/mol. The molecular formula is C11H13F5N2. The first-order valence-corrected chi connectivity index (χ1v) is 5.28. The summed E-state index contributed by atoms with van der Waals surface area (Å²) in [7, 11) is 0. The molecule has 0 heterocycles. The zero-order valence-electron chi connectivity index (χ0n) is 9.83. The van der Waals surface area contributed by atoms with Gasteiger partial charge >= 0.3 is 0 Å². The fraction of sp³-hybridized carbons (Fsp3) is 0.455. The monoisotopic (exact) mass is 268 g/mol. The van der Waals surface area contributed by atoms with E-state index in [-0.39, 0.29) is 12.5 Å². The van der Waals surface area contributed by atoms with Gasteiger partial charge in [0.1, 0.15) is 5.69 Å². The highest BCUT2D eigenvalue weighted by Gasteiger charge is 2.25. The van der Waals surface area contributed by atoms with E-state index < -0.39 is 40.8 Å². The first-order valence-electron chi connectivity index (χ1n) is 5.28. The van der Waals surface area contributed by atoms with Gasteiger partial charge in [-0.1, -0.05) is 13.8 Å². The van der Waals surface area contributed by atoms with Crippen LogP contribution in [-0.2, 0) is 0 Å². The lowest BCUT2D eigenvalue weighted by Crippen LogP contribution is -2.34. The average Bonchev–Trinajstić information content (AvgIpc) is 2.33. The molecule has 0 aromatic heterocycles. The maximum absolute atomic E-state index is 13.2. The van der Waals surface area contributed by atoms with Crippen molar-refractivity contribution in [3.8, 4) is 0 Å². The summed E-state index contributed by atoms with van der Waals surface area (Å²) >= 11 is 0. The van der Waals surface area contributed by atoms with E-state index in [1.807, 2.05) is 0 Å². The van der Waals surface area contributed by atoms with Crippen molar-refractivity contribution in [3.63, 3.8) is 0 Å². The highest BCUT2D eigenvalue weighted by atomic mass is 19.2. The van der Waals surface area contributed by atoms with E-state index in [0.29, 0.717) is 0 Å². The molecule has 0 aliphatic rings. The van der Waals surface area contributed by atoms with Crippen LogP contribution >= 0.6 is 0 Å². The minimum absolute atomic E-state index is 0.00114. The SMILES string of the molecule is CC(C)C(N)CNc1c(F)c(F)c(F)c(F)c1F. The zero-order chi connectivity index (χ0) is 14.0. The Morgan fingerprint density at radius 3 is 1.67 bits per heavy atom. The third kappa shape index (κ3) is 2.72. The molecule has 0 bridgehead atoms. The molecule has 0 amide bonds. The number of hydrogen-bond donors (Lipinski definition) is 2. The van der Waals surface area contributed by atoms with Gasteiger partial charge in [0, 0.05) is 12.6 Å². The molecule has 0 radical (unpaired) electrons. The fourth-order valence-corrected chi connectivity index (χ4v) is 1.22. The summed E-state index contributed by atoms with van der Waals surface area (Å²) < 4.78 is 64.9. The Labute approximate surface area is 101 Å². The molecule has 0 spiro atoms. The van der Waals surface area contributed by atoms with Crippen LogP contribution in [0.3, 0.4) is 0 Å². The highest BCUT2D eigenvalue weighted by molar-refractivity contribution is 5.47. The minimum atomic E-state index is -2.18. The van der Waals surface area contributed by atoms with Gasteiger partial charge in [0.25, 0.3) is 0 Å². The van der Waals surface area contributed by atoms with Crippen molar-refractivity contribution >= 4 is 5.69 Å². The third-order valence-corrected chi connectivity index (χ3v) is 2.58. The molecule has 1 aromatic carbocycles. The Morgan fingerprint density at radius 1 is 0.889 bits per heavy atom. The molecule has 1 atom stereocenters. The summed E-state index contributed by atoms with van der Waals surface area (Å²) in [6.45, 7) is 3.44. The third-order valence-electron chi connectivity index (χ3n) is 2.58. The van der Waals surface area contributed by atoms with E-state index in [4.69, 9.17) is 5.73 Å². The van der Waals surface area contributed by atoms with Crippen LogP contribution in [0.1, 0.15) is 13.8 Å². The zero-order valence-corrected chi connectivity index (χ0v) is 9.83. The lowest BCUT2D eigenvalue weighted by molar-refractivity contribution is 0.380. The smallest absolute Gasteiger partial charge is 0.200 e. The van der Waals surface area contributed by atoms with Gasteiger partial charge in [0.2, 0.25) is 5.82 Å². The van der Waals surface area contributed by atoms with Gasteiger partial charge < -0.3 is 11.1 Å². The minimum Gasteiger partial charge on any atom is -0.379 e. The summed E-state index contributed by atoms with van der Waals surface area (Å²) in [5.41, 5.74) is 4.55. The molecule has 0 aliphatic heterocycles. The van der Waals surface area contributed by atoms with E-state index in [1.54, 1.807) is 13.8 Å². The number of halogens is 5. The van der Waals surface area contributed by atoms with Gasteiger partial charge in [-0.15, -0.1) is 0 Å². The molecule has 102 valence electrons. The molecule has 0 aliphatic carbocycles. The van der Waals surface area contributed by atoms with Crippen LogP contribution in [0, 0.1) is 35.0 Å². The number of nitrogens with two attached hydrogens (primary N) is 1. The van der Waals surface area contributed by atoms with E-state index in [2.05, 4.69) is 5.32 Å². The van der Waals surface area contributed by atoms with Crippen molar-refractivity contribution in [2.24, 2.45) is 11.7 Å². The second kappa shape index (κ2) is 5.51. The molecule has 1 rings (SSSR count). The van der Waals surface area contributed by atoms with Gasteiger partial charge in [-0.2, -0.15) is 0 Å². The van der Waals surface area contributed by atoms with Gasteiger partial charge in [-0.3, -0.25) is 0 Å². The topological polar surface area (TPSA) is 38.0 Å². The van der Waals surface area contributed by atoms with Crippen molar-refractivity contribution in [2.45, 2.75) is 19.9 Å². The van der Waals surface area contributed by atoms with Crippen molar-refractivity contribution < 1.29 is 22.0 Å². The van der Waals surface area contributed by atoms with Gasteiger partial charge in [-0.25, -0.2) is 22.0 Å². The van der Waals surface area contributed by atoms with Crippen LogP contribution < -0.4 is 11.1 Å². The Bertz CT molecular complexity index is 419. The number of rotatable bonds is 4. The largest absolute Gasteiger partial charge is 0.379 e. The lowest BCUT2D eigenvalue weighted by atomic mass is 10.1. The molecule has 2 nitrogen and oxygen atoms in total. The molecule has 18 heavy (non-hydrogen) atoms. The van der Waals surface area contributed by atoms with E-state index >= 15 is 0 Å². The van der Waals surface area contributed by atoms with Crippen LogP contribution in [0.4, 0.5) is 27.6 Å². The van der Waals surface area contributed by atoms with E-state index in [1.165, 1.54) is 0 Å². The quantitative estimate of drug-likeness (QED) is 0.500. The van der Waals surface area contributed by atoms with Crippen molar-refractivity contribution in [2.75, 3.05) is 11.9 Å². The van der Waals surface area contributed by atoms with Crippen LogP contribution in [0.2, 0.25) is 0 Å². The maximum atomic E-state index is 13.2. The number of hydrogen-bond acceptors (Lipinski definition) is 2. The molecule has 7 heteroatoms. The molecule has 3 N–H and O–H groups in total. The lowest BCUT2D eigenvalue weighted by Gasteiger charge is -2.18. The summed E-state index contributed by atoms with van der Waals surface area (Å²) in [5.74, 6) is -9.91. The van der Waals surface area contributed by atoms with Crippen molar-refractivity contribution in [3.05, 3.63) is 29.1 Å². The number of anilines is 1. The van der Waals surface area contributed by atoms with Crippen LogP contribution in [0.15, 0.2) is 0 Å². The summed E-state index contributed by atoms with van der Waals surface area (Å²) in [4.78, 5) is 0. The highest BCUT2D eigenvalue weighted by Crippen LogP contribution is 2.27. The summed E-state index contributed by atoms with van der Waals surface area (Å²) in [5, 5.41) is 2.15. The Balaban J connectivity index is 3.03. The standard InChI is InChI=1S/C11H13F5N2/c1-4(2)5(17)3-18-11-9(15)7(13)6(12)8(14)10(11)16/h4-5,18H,3,17H2,1-2H3. The van der Waals surface area contributed by atoms with Crippen LogP contribution in [0.5, 0.6) is 0 Å². The second-order valence-electron chi connectivity index (χ2n) is 4.23. The van der Waals surface area contributed by atoms with Crippen molar-refractivity contribution in [1.82, 2.24) is 0 Å². The predicted octanol–water partition coefficient (Wildman–Crippen LogP) is 2.78. The van der Waals surface area contributed by atoms with E-state index in [0.717, 1.165) is 0 Å². The molecular weight excluding hydrogens is 255 g/mol. The molecule has 0 fully saturated rings. The molecule has 0 saturated heterocycles. The molecule has 1 aromatic rings. The first kappa shape index (κ1) is 14.7. The fourth-order valence-electron chi connectivity index (χ4n) is 1.22. The maximum Gasteiger partial charge on any atom is 0.200 e. The van der Waals surface area contributed by atoms with Gasteiger partial charge in [0.15, 0.2) is 23.3 Å². The van der Waals surface area contributed by atoms with Crippen molar-refractivity contribution in [1.29, 1.82) is 0 Å². The molecule has 1 unspecified atom stereocenters. The molecule has 0 saturated carbocycles. The van der Waals surface area contributed by atoms with Crippen LogP contribution in [0.25, 0.3) is 0 Å². The second-order valence-corrected chi connectivity index (χ2v) is 4.23. The Hall–Kier alpha value is -1.37. The van der Waals surface area contributed by atoms with E-state index in [9.17, 15) is 22.0 Å². The van der Waals surface area contributed by atoms with Gasteiger partial charge in [-0.05, 0) is 5.92 Å². The summed E-state index contributed by atoms with van der Waals surface area (Å²) in [6, 6.07) is -0.472. The van der Waals surface area contributed by atoms with Crippen LogP contribution in [-0.4, -0.2) is 12.6 Å². The Kier molecular flexibility index (Phi) is 4.50. The van der Waals surface area contributed by atoms with Gasteiger partial charge in [0.05, 0.1) is 0 Å². The Morgan fingerprint density at radius 2 is 1.28 bits per heavy atom. The number of benzene rings is 1. The predicted molar refractivity (Wildman–Crippen MR) is 57.5 cm³/mol. The number of nitrogens with one attached hydrogen (secondary N) is 1. The normalized spacial score (nSPS) is 12.9. The summed E-state index contributed by atoms with van der Waals surface area (Å²) in [6.07, 6.45) is 0. The first-order chi connectivity index (χ1) is 8.27.